The highest BCUT2D eigenvalue weighted by Crippen LogP contribution is 2.56. The van der Waals surface area contributed by atoms with E-state index >= 15 is 0 Å². The summed E-state index contributed by atoms with van der Waals surface area (Å²) in [6.07, 6.45) is 11.7. The van der Waals surface area contributed by atoms with Crippen molar-refractivity contribution in [2.75, 3.05) is 18.0 Å². The van der Waals surface area contributed by atoms with Crippen LogP contribution >= 0.6 is 22.9 Å². The van der Waals surface area contributed by atoms with Crippen molar-refractivity contribution >= 4 is 44.0 Å². The van der Waals surface area contributed by atoms with Crippen molar-refractivity contribution in [3.8, 4) is 11.3 Å². The van der Waals surface area contributed by atoms with E-state index in [9.17, 15) is 0 Å². The van der Waals surface area contributed by atoms with Crippen LogP contribution in [0, 0.1) is 19.3 Å². The molecule has 0 unspecified atom stereocenters. The SMILES string of the molecule is Cc1ccc2nc(N3CCC4(C=C(c5c(-c6c(C)cncc6Cl)noc5C5CC5)C4)CC3)sc2n1. The van der Waals surface area contributed by atoms with Gasteiger partial charge in [0.2, 0.25) is 0 Å². The van der Waals surface area contributed by atoms with Gasteiger partial charge in [0.15, 0.2) is 5.13 Å². The molecule has 3 aliphatic rings. The zero-order valence-corrected chi connectivity index (χ0v) is 21.4. The molecule has 4 aromatic heterocycles. The molecule has 0 N–H and O–H groups in total. The van der Waals surface area contributed by atoms with Crippen molar-refractivity contribution in [3.05, 3.63) is 58.2 Å². The number of rotatable bonds is 4. The van der Waals surface area contributed by atoms with Crippen LogP contribution < -0.4 is 4.90 Å². The molecule has 0 amide bonds. The van der Waals surface area contributed by atoms with Crippen LogP contribution in [0.3, 0.4) is 0 Å². The molecule has 0 bridgehead atoms. The second-order valence-electron chi connectivity index (χ2n) is 10.3. The number of hydrogen-bond donors (Lipinski definition) is 0. The van der Waals surface area contributed by atoms with E-state index in [2.05, 4.69) is 32.2 Å². The van der Waals surface area contributed by atoms with Gasteiger partial charge in [-0.05, 0) is 74.6 Å². The Balaban J connectivity index is 1.16. The number of aromatic nitrogens is 4. The number of thiazole rings is 1. The third kappa shape index (κ3) is 3.59. The third-order valence-corrected chi connectivity index (χ3v) is 9.06. The average molecular weight is 504 g/mol. The zero-order chi connectivity index (χ0) is 23.7. The number of piperidine rings is 1. The summed E-state index contributed by atoms with van der Waals surface area (Å²) in [5.41, 5.74) is 7.70. The fraction of sp³-hybridized carbons (Fsp3) is 0.407. The van der Waals surface area contributed by atoms with Crippen LogP contribution in [-0.4, -0.2) is 33.2 Å². The minimum atomic E-state index is 0.254. The first-order valence-electron chi connectivity index (χ1n) is 12.3. The summed E-state index contributed by atoms with van der Waals surface area (Å²) in [4.78, 5) is 17.2. The minimum absolute atomic E-state index is 0.254. The Labute approximate surface area is 213 Å². The van der Waals surface area contributed by atoms with Crippen LogP contribution in [0.2, 0.25) is 5.02 Å². The molecule has 4 aromatic rings. The molecule has 35 heavy (non-hydrogen) atoms. The molecule has 1 saturated carbocycles. The predicted octanol–water partition coefficient (Wildman–Crippen LogP) is 6.96. The van der Waals surface area contributed by atoms with Gasteiger partial charge in [-0.15, -0.1) is 0 Å². The molecule has 0 aromatic carbocycles. The summed E-state index contributed by atoms with van der Waals surface area (Å²) in [6, 6.07) is 4.11. The van der Waals surface area contributed by atoms with Gasteiger partial charge < -0.3 is 9.42 Å². The lowest BCUT2D eigenvalue weighted by atomic mass is 9.63. The molecule has 0 radical (unpaired) electrons. The van der Waals surface area contributed by atoms with Gasteiger partial charge in [0.05, 0.1) is 5.02 Å². The van der Waals surface area contributed by atoms with Gasteiger partial charge >= 0.3 is 0 Å². The number of allylic oxidation sites excluding steroid dienone is 2. The van der Waals surface area contributed by atoms with E-state index in [1.165, 1.54) is 24.0 Å². The van der Waals surface area contributed by atoms with Crippen molar-refractivity contribution in [2.24, 2.45) is 5.41 Å². The van der Waals surface area contributed by atoms with E-state index in [0.29, 0.717) is 10.9 Å². The second kappa shape index (κ2) is 7.87. The van der Waals surface area contributed by atoms with Crippen molar-refractivity contribution in [2.45, 2.75) is 51.9 Å². The van der Waals surface area contributed by atoms with E-state index < -0.39 is 0 Å². The van der Waals surface area contributed by atoms with Crippen LogP contribution in [0.4, 0.5) is 5.13 Å². The van der Waals surface area contributed by atoms with Crippen molar-refractivity contribution in [1.82, 2.24) is 20.1 Å². The highest BCUT2D eigenvalue weighted by molar-refractivity contribution is 7.21. The Bertz CT molecular complexity index is 1470. The second-order valence-corrected chi connectivity index (χ2v) is 11.7. The molecule has 6 nitrogen and oxygen atoms in total. The molecule has 1 spiro atoms. The topological polar surface area (TPSA) is 67.9 Å². The summed E-state index contributed by atoms with van der Waals surface area (Å²) in [5.74, 6) is 1.53. The molecule has 2 fully saturated rings. The van der Waals surface area contributed by atoms with Crippen LogP contribution in [0.5, 0.6) is 0 Å². The number of nitrogens with zero attached hydrogens (tertiary/aromatic N) is 5. The van der Waals surface area contributed by atoms with Gasteiger partial charge in [-0.3, -0.25) is 4.98 Å². The Morgan fingerprint density at radius 2 is 1.89 bits per heavy atom. The van der Waals surface area contributed by atoms with Crippen molar-refractivity contribution in [3.63, 3.8) is 0 Å². The molecule has 7 rings (SSSR count). The Hall–Kier alpha value is -2.77. The third-order valence-electron chi connectivity index (χ3n) is 7.75. The zero-order valence-electron chi connectivity index (χ0n) is 19.8. The smallest absolute Gasteiger partial charge is 0.187 e. The summed E-state index contributed by atoms with van der Waals surface area (Å²) >= 11 is 8.29. The number of halogens is 1. The van der Waals surface area contributed by atoms with Gasteiger partial charge in [-0.25, -0.2) is 9.97 Å². The maximum atomic E-state index is 6.58. The monoisotopic (exact) mass is 503 g/mol. The molecular weight excluding hydrogens is 478 g/mol. The van der Waals surface area contributed by atoms with Crippen LogP contribution in [0.15, 0.2) is 35.1 Å². The van der Waals surface area contributed by atoms with E-state index in [-0.39, 0.29) is 5.41 Å². The average Bonchev–Trinajstić information content (AvgIpc) is 3.44. The lowest BCUT2D eigenvalue weighted by Crippen LogP contribution is -2.42. The van der Waals surface area contributed by atoms with Crippen LogP contribution in [0.1, 0.15) is 60.6 Å². The maximum absolute atomic E-state index is 6.58. The van der Waals surface area contributed by atoms with E-state index in [0.717, 1.165) is 76.1 Å². The van der Waals surface area contributed by atoms with Crippen LogP contribution in [0.25, 0.3) is 27.2 Å². The van der Waals surface area contributed by atoms with Crippen molar-refractivity contribution < 1.29 is 4.52 Å². The molecule has 8 heteroatoms. The molecular formula is C27H26ClN5OS. The largest absolute Gasteiger partial charge is 0.360 e. The maximum Gasteiger partial charge on any atom is 0.187 e. The standard InChI is InChI=1S/C27H26ClN5OS/c1-15-13-29-14-19(28)21(15)23-22(24(34-32-23)17-4-5-17)18-11-27(12-18)7-9-33(10-8-27)26-31-20-6-3-16(2)30-25(20)35-26/h3,6,11,13-14,17H,4-5,7-10,12H2,1-2H3. The quantitative estimate of drug-likeness (QED) is 0.300. The van der Waals surface area contributed by atoms with Gasteiger partial charge in [-0.2, -0.15) is 0 Å². The molecule has 178 valence electrons. The number of fused-ring (bicyclic) bond motifs is 1. The molecule has 5 heterocycles. The fourth-order valence-corrected chi connectivity index (χ4v) is 6.95. The summed E-state index contributed by atoms with van der Waals surface area (Å²) in [6.45, 7) is 6.10. The van der Waals surface area contributed by atoms with Gasteiger partial charge in [0, 0.05) is 48.2 Å². The number of pyridine rings is 2. The normalized spacial score (nSPS) is 19.3. The lowest BCUT2D eigenvalue weighted by molar-refractivity contribution is 0.277. The predicted molar refractivity (Wildman–Crippen MR) is 140 cm³/mol. The Morgan fingerprint density at radius 3 is 2.63 bits per heavy atom. The van der Waals surface area contributed by atoms with Gasteiger partial charge in [0.25, 0.3) is 0 Å². The van der Waals surface area contributed by atoms with Crippen LogP contribution in [-0.2, 0) is 0 Å². The number of hydrogen-bond acceptors (Lipinski definition) is 7. The molecule has 1 aliphatic heterocycles. The molecule has 0 atom stereocenters. The van der Waals surface area contributed by atoms with Crippen molar-refractivity contribution in [1.29, 1.82) is 0 Å². The van der Waals surface area contributed by atoms with E-state index in [1.54, 1.807) is 17.5 Å². The van der Waals surface area contributed by atoms with Gasteiger partial charge in [0.1, 0.15) is 21.8 Å². The minimum Gasteiger partial charge on any atom is -0.360 e. The summed E-state index contributed by atoms with van der Waals surface area (Å²) in [5, 5.41) is 6.26. The highest BCUT2D eigenvalue weighted by Gasteiger charge is 2.44. The summed E-state index contributed by atoms with van der Waals surface area (Å²) < 4.78 is 5.94. The first-order valence-corrected chi connectivity index (χ1v) is 13.5. The Kier molecular flexibility index (Phi) is 4.83. The first kappa shape index (κ1) is 21.5. The lowest BCUT2D eigenvalue weighted by Gasteiger charge is -2.46. The number of anilines is 1. The van der Waals surface area contributed by atoms with E-state index in [1.807, 2.05) is 26.1 Å². The first-order chi connectivity index (χ1) is 17.0. The van der Waals surface area contributed by atoms with Gasteiger partial charge in [-0.1, -0.05) is 34.2 Å². The number of aryl methyl sites for hydroxylation is 2. The van der Waals surface area contributed by atoms with E-state index in [4.69, 9.17) is 21.1 Å². The fourth-order valence-electron chi connectivity index (χ4n) is 5.62. The Morgan fingerprint density at radius 1 is 1.09 bits per heavy atom. The summed E-state index contributed by atoms with van der Waals surface area (Å²) in [7, 11) is 0. The molecule has 2 aliphatic carbocycles. The molecule has 1 saturated heterocycles. The highest BCUT2D eigenvalue weighted by atomic mass is 35.5.